The van der Waals surface area contributed by atoms with Crippen molar-refractivity contribution in [1.82, 2.24) is 14.7 Å². The van der Waals surface area contributed by atoms with Gasteiger partial charge in [-0.15, -0.1) is 0 Å². The van der Waals surface area contributed by atoms with Gasteiger partial charge < -0.3 is 20.3 Å². The van der Waals surface area contributed by atoms with E-state index in [-0.39, 0.29) is 17.6 Å². The number of benzene rings is 2. The summed E-state index contributed by atoms with van der Waals surface area (Å²) in [6.45, 7) is 8.35. The molecule has 2 aliphatic heterocycles. The predicted octanol–water partition coefficient (Wildman–Crippen LogP) is 3.80. The first-order valence-corrected chi connectivity index (χ1v) is 13.5. The Morgan fingerprint density at radius 2 is 1.78 bits per heavy atom. The number of piperidine rings is 1. The molecule has 8 heteroatoms. The highest BCUT2D eigenvalue weighted by atomic mass is 35.5. The van der Waals surface area contributed by atoms with Crippen LogP contribution in [0, 0.1) is 11.7 Å². The molecule has 0 bridgehead atoms. The van der Waals surface area contributed by atoms with Crippen molar-refractivity contribution in [3.05, 3.63) is 64.4 Å². The molecule has 2 aliphatic rings. The first-order valence-electron chi connectivity index (χ1n) is 13.1. The van der Waals surface area contributed by atoms with Gasteiger partial charge in [0.25, 0.3) is 0 Å². The Morgan fingerprint density at radius 1 is 1.06 bits per heavy atom. The van der Waals surface area contributed by atoms with Crippen LogP contribution in [0.4, 0.5) is 4.39 Å². The predicted molar refractivity (Wildman–Crippen MR) is 142 cm³/mol. The standard InChI is InChI=1S/C28H38ClFN4O2/c1-2-36-26-9-5-8-25(30)23(26)20-33-16-18-34(19-17-33)28(35)27(31)22-11-14-32(15-12-22)13-10-21-6-3-4-7-24(21)29/h3-9,22,27H,2,10-20,31H2,1H3/t27-/m1/s1. The number of carbonyl (C=O) groups is 1. The fourth-order valence-corrected chi connectivity index (χ4v) is 5.49. The van der Waals surface area contributed by atoms with E-state index in [0.717, 1.165) is 43.9 Å². The number of amides is 1. The zero-order valence-corrected chi connectivity index (χ0v) is 21.9. The van der Waals surface area contributed by atoms with Gasteiger partial charge in [0.05, 0.1) is 12.6 Å². The van der Waals surface area contributed by atoms with Gasteiger partial charge in [-0.2, -0.15) is 0 Å². The lowest BCUT2D eigenvalue weighted by Crippen LogP contribution is -2.55. The van der Waals surface area contributed by atoms with Crippen molar-refractivity contribution in [2.45, 2.75) is 38.8 Å². The molecule has 2 heterocycles. The number of hydrogen-bond acceptors (Lipinski definition) is 5. The minimum atomic E-state index is -0.460. The number of halogens is 2. The van der Waals surface area contributed by atoms with Crippen LogP contribution in [0.5, 0.6) is 5.75 Å². The van der Waals surface area contributed by atoms with E-state index in [0.29, 0.717) is 50.6 Å². The molecular formula is C28H38ClFN4O2. The van der Waals surface area contributed by atoms with Crippen LogP contribution in [-0.2, 0) is 17.8 Å². The molecule has 36 heavy (non-hydrogen) atoms. The van der Waals surface area contributed by atoms with Crippen LogP contribution in [0.1, 0.15) is 30.9 Å². The molecule has 2 aromatic rings. The van der Waals surface area contributed by atoms with Gasteiger partial charge in [-0.3, -0.25) is 9.69 Å². The van der Waals surface area contributed by atoms with Crippen molar-refractivity contribution in [3.8, 4) is 5.75 Å². The molecule has 4 rings (SSSR count). The topological polar surface area (TPSA) is 62.0 Å². The van der Waals surface area contributed by atoms with E-state index in [1.165, 1.54) is 11.6 Å². The summed E-state index contributed by atoms with van der Waals surface area (Å²) in [5.74, 6) is 0.597. The Morgan fingerprint density at radius 3 is 2.47 bits per heavy atom. The minimum absolute atomic E-state index is 0.0464. The molecule has 2 fully saturated rings. The van der Waals surface area contributed by atoms with Gasteiger partial charge in [0, 0.05) is 49.9 Å². The average Bonchev–Trinajstić information content (AvgIpc) is 2.90. The lowest BCUT2D eigenvalue weighted by Gasteiger charge is -2.39. The van der Waals surface area contributed by atoms with Crippen LogP contribution < -0.4 is 10.5 Å². The smallest absolute Gasteiger partial charge is 0.239 e. The van der Waals surface area contributed by atoms with Crippen LogP contribution in [0.3, 0.4) is 0 Å². The molecule has 0 saturated carbocycles. The van der Waals surface area contributed by atoms with Crippen molar-refractivity contribution in [2.24, 2.45) is 11.7 Å². The third-order valence-electron chi connectivity index (χ3n) is 7.52. The first kappa shape index (κ1) is 26.9. The Labute approximate surface area is 219 Å². The highest BCUT2D eigenvalue weighted by Gasteiger charge is 2.33. The quantitative estimate of drug-likeness (QED) is 0.549. The van der Waals surface area contributed by atoms with Crippen LogP contribution in [0.15, 0.2) is 42.5 Å². The van der Waals surface area contributed by atoms with Crippen LogP contribution in [-0.4, -0.2) is 79.1 Å². The zero-order valence-electron chi connectivity index (χ0n) is 21.2. The molecule has 1 atom stereocenters. The van der Waals surface area contributed by atoms with E-state index in [1.807, 2.05) is 36.1 Å². The molecule has 6 nitrogen and oxygen atoms in total. The number of hydrogen-bond donors (Lipinski definition) is 1. The van der Waals surface area contributed by atoms with E-state index in [9.17, 15) is 9.18 Å². The lowest BCUT2D eigenvalue weighted by molar-refractivity contribution is -0.136. The average molecular weight is 517 g/mol. The number of rotatable bonds is 9. The summed E-state index contributed by atoms with van der Waals surface area (Å²) >= 11 is 6.29. The van der Waals surface area contributed by atoms with E-state index >= 15 is 0 Å². The molecule has 0 unspecified atom stereocenters. The molecule has 1 amide bonds. The van der Waals surface area contributed by atoms with Gasteiger partial charge in [-0.05, 0) is 69.0 Å². The van der Waals surface area contributed by atoms with Crippen molar-refractivity contribution in [3.63, 3.8) is 0 Å². The molecule has 2 saturated heterocycles. The minimum Gasteiger partial charge on any atom is -0.493 e. The zero-order chi connectivity index (χ0) is 25.5. The van der Waals surface area contributed by atoms with Gasteiger partial charge in [0.15, 0.2) is 0 Å². The Bertz CT molecular complexity index is 1010. The van der Waals surface area contributed by atoms with Gasteiger partial charge in [-0.25, -0.2) is 4.39 Å². The number of nitrogens with two attached hydrogens (primary N) is 1. The molecule has 2 aromatic carbocycles. The number of ether oxygens (including phenoxy) is 1. The first-order chi connectivity index (χ1) is 17.5. The van der Waals surface area contributed by atoms with Crippen LogP contribution in [0.2, 0.25) is 5.02 Å². The van der Waals surface area contributed by atoms with E-state index in [4.69, 9.17) is 22.1 Å². The van der Waals surface area contributed by atoms with E-state index < -0.39 is 6.04 Å². The van der Waals surface area contributed by atoms with Crippen LogP contribution >= 0.6 is 11.6 Å². The number of likely N-dealkylation sites (tertiary alicyclic amines) is 1. The van der Waals surface area contributed by atoms with Gasteiger partial charge >= 0.3 is 0 Å². The van der Waals surface area contributed by atoms with Gasteiger partial charge in [0.1, 0.15) is 11.6 Å². The molecular weight excluding hydrogens is 479 g/mol. The summed E-state index contributed by atoms with van der Waals surface area (Å²) in [6.07, 6.45) is 2.80. The highest BCUT2D eigenvalue weighted by molar-refractivity contribution is 6.31. The summed E-state index contributed by atoms with van der Waals surface area (Å²) in [6, 6.07) is 12.5. The highest BCUT2D eigenvalue weighted by Crippen LogP contribution is 2.25. The Balaban J connectivity index is 1.21. The normalized spacial score (nSPS) is 18.8. The number of piperazine rings is 1. The summed E-state index contributed by atoms with van der Waals surface area (Å²) in [5.41, 5.74) is 8.24. The van der Waals surface area contributed by atoms with Crippen molar-refractivity contribution < 1.29 is 13.9 Å². The summed E-state index contributed by atoms with van der Waals surface area (Å²) in [5, 5.41) is 0.823. The second kappa shape index (κ2) is 12.9. The number of carbonyl (C=O) groups excluding carboxylic acids is 1. The second-order valence-corrected chi connectivity index (χ2v) is 10.2. The van der Waals surface area contributed by atoms with E-state index in [2.05, 4.69) is 15.9 Å². The van der Waals surface area contributed by atoms with E-state index in [1.54, 1.807) is 6.07 Å². The third kappa shape index (κ3) is 6.76. The maximum Gasteiger partial charge on any atom is 0.239 e. The maximum absolute atomic E-state index is 14.4. The molecule has 0 radical (unpaired) electrons. The molecule has 0 spiro atoms. The Hall–Kier alpha value is -2.19. The largest absolute Gasteiger partial charge is 0.493 e. The monoisotopic (exact) mass is 516 g/mol. The summed E-state index contributed by atoms with van der Waals surface area (Å²) in [7, 11) is 0. The third-order valence-corrected chi connectivity index (χ3v) is 7.89. The van der Waals surface area contributed by atoms with Crippen molar-refractivity contribution in [1.29, 1.82) is 0 Å². The maximum atomic E-state index is 14.4. The van der Waals surface area contributed by atoms with Gasteiger partial charge in [0.2, 0.25) is 5.91 Å². The number of nitrogens with zero attached hydrogens (tertiary/aromatic N) is 3. The molecule has 0 aromatic heterocycles. The summed E-state index contributed by atoms with van der Waals surface area (Å²) in [4.78, 5) is 19.7. The SMILES string of the molecule is CCOc1cccc(F)c1CN1CCN(C(=O)[C@H](N)C2CCN(CCc3ccccc3Cl)CC2)CC1. The Kier molecular flexibility index (Phi) is 9.60. The van der Waals surface area contributed by atoms with Gasteiger partial charge in [-0.1, -0.05) is 35.9 Å². The van der Waals surface area contributed by atoms with Crippen molar-refractivity contribution in [2.75, 3.05) is 52.4 Å². The molecule has 0 aliphatic carbocycles. The summed E-state index contributed by atoms with van der Waals surface area (Å²) < 4.78 is 20.0. The van der Waals surface area contributed by atoms with Crippen molar-refractivity contribution >= 4 is 17.5 Å². The lowest BCUT2D eigenvalue weighted by atomic mass is 9.88. The molecule has 2 N–H and O–H groups in total. The fourth-order valence-electron chi connectivity index (χ4n) is 5.26. The second-order valence-electron chi connectivity index (χ2n) is 9.80. The van der Waals surface area contributed by atoms with Crippen LogP contribution in [0.25, 0.3) is 0 Å². The fraction of sp³-hybridized carbons (Fsp3) is 0.536. The molecule has 196 valence electrons.